The summed E-state index contributed by atoms with van der Waals surface area (Å²) in [5.41, 5.74) is 5.81. The van der Waals surface area contributed by atoms with Gasteiger partial charge in [0.15, 0.2) is 5.16 Å². The molecule has 0 spiro atoms. The smallest absolute Gasteiger partial charge is 0.283 e. The molecule has 0 aliphatic rings. The van der Waals surface area contributed by atoms with E-state index in [1.165, 1.54) is 24.4 Å². The quantitative estimate of drug-likeness (QED) is 0.100. The molecule has 2 N–H and O–H groups in total. The van der Waals surface area contributed by atoms with Gasteiger partial charge in [0.2, 0.25) is 0 Å². The minimum atomic E-state index is -0.610. The van der Waals surface area contributed by atoms with E-state index in [2.05, 4.69) is 20.5 Å². The standard InChI is InChI=1S/C30H21N5O4S/c36-27-14-8-7-13-23(27)29(37)34-31-19-20-15-16-28(26(17-20)35(38)39)40-30-32-24(21-9-3-1-4-10-21)18-25(33-30)22-11-5-2-6-12-22/h1-19,36H,(H,34,37)/b31-19+. The summed E-state index contributed by atoms with van der Waals surface area (Å²) in [5, 5.41) is 26.0. The summed E-state index contributed by atoms with van der Waals surface area (Å²) < 4.78 is 0. The average Bonchev–Trinajstić information content (AvgIpc) is 2.98. The second-order valence-electron chi connectivity index (χ2n) is 8.46. The van der Waals surface area contributed by atoms with E-state index in [4.69, 9.17) is 0 Å². The highest BCUT2D eigenvalue weighted by molar-refractivity contribution is 7.99. The number of hydrogen-bond donors (Lipinski definition) is 2. The van der Waals surface area contributed by atoms with Gasteiger partial charge in [-0.25, -0.2) is 15.4 Å². The van der Waals surface area contributed by atoms with Gasteiger partial charge in [-0.05, 0) is 36.0 Å². The highest BCUT2D eigenvalue weighted by Gasteiger charge is 2.18. The van der Waals surface area contributed by atoms with Crippen LogP contribution in [0.2, 0.25) is 0 Å². The molecule has 0 saturated heterocycles. The molecule has 0 saturated carbocycles. The van der Waals surface area contributed by atoms with E-state index in [-0.39, 0.29) is 17.0 Å². The summed E-state index contributed by atoms with van der Waals surface area (Å²) in [4.78, 5) is 33.4. The first-order valence-corrected chi connectivity index (χ1v) is 12.9. The van der Waals surface area contributed by atoms with Crippen LogP contribution in [0, 0.1) is 10.1 Å². The molecular formula is C30H21N5O4S. The van der Waals surface area contributed by atoms with Gasteiger partial charge in [-0.1, -0.05) is 78.9 Å². The minimum Gasteiger partial charge on any atom is -0.507 e. The van der Waals surface area contributed by atoms with Crippen LogP contribution >= 0.6 is 11.8 Å². The number of phenols is 1. The second-order valence-corrected chi connectivity index (χ2v) is 9.46. The van der Waals surface area contributed by atoms with Crippen LogP contribution in [0.15, 0.2) is 124 Å². The van der Waals surface area contributed by atoms with Crippen LogP contribution in [-0.2, 0) is 0 Å². The number of phenolic OH excluding ortho intramolecular Hbond substituents is 1. The van der Waals surface area contributed by atoms with E-state index in [1.807, 2.05) is 66.7 Å². The van der Waals surface area contributed by atoms with Gasteiger partial charge >= 0.3 is 0 Å². The van der Waals surface area contributed by atoms with Gasteiger partial charge in [0, 0.05) is 22.8 Å². The third-order valence-electron chi connectivity index (χ3n) is 5.75. The van der Waals surface area contributed by atoms with Crippen molar-refractivity contribution in [2.45, 2.75) is 10.1 Å². The van der Waals surface area contributed by atoms with Crippen LogP contribution < -0.4 is 5.43 Å². The first kappa shape index (κ1) is 26.3. The van der Waals surface area contributed by atoms with Crippen LogP contribution in [0.1, 0.15) is 15.9 Å². The van der Waals surface area contributed by atoms with Gasteiger partial charge in [-0.3, -0.25) is 14.9 Å². The summed E-state index contributed by atoms with van der Waals surface area (Å²) in [6.45, 7) is 0. The average molecular weight is 548 g/mol. The molecular weight excluding hydrogens is 526 g/mol. The number of hydrogen-bond acceptors (Lipinski definition) is 8. The first-order chi connectivity index (χ1) is 19.5. The third-order valence-corrected chi connectivity index (χ3v) is 6.68. The Morgan fingerprint density at radius 1 is 0.850 bits per heavy atom. The molecule has 4 aromatic carbocycles. The number of aromatic nitrogens is 2. The topological polar surface area (TPSA) is 131 Å². The molecule has 9 nitrogen and oxygen atoms in total. The van der Waals surface area contributed by atoms with Gasteiger partial charge in [0.05, 0.1) is 33.0 Å². The van der Waals surface area contributed by atoms with Crippen LogP contribution in [0.4, 0.5) is 5.69 Å². The lowest BCUT2D eigenvalue weighted by Crippen LogP contribution is -2.17. The Kier molecular flexibility index (Phi) is 7.89. The van der Waals surface area contributed by atoms with Crippen LogP contribution in [0.25, 0.3) is 22.5 Å². The fourth-order valence-electron chi connectivity index (χ4n) is 3.82. The molecule has 0 aliphatic carbocycles. The SMILES string of the molecule is O=C(N/N=C/c1ccc(Sc2nc(-c3ccccc3)cc(-c3ccccc3)n2)c([N+](=O)[O-])c1)c1ccccc1O. The monoisotopic (exact) mass is 547 g/mol. The summed E-state index contributed by atoms with van der Waals surface area (Å²) in [5.74, 6) is -0.790. The van der Waals surface area contributed by atoms with Gasteiger partial charge in [-0.15, -0.1) is 0 Å². The summed E-state index contributed by atoms with van der Waals surface area (Å²) >= 11 is 1.09. The van der Waals surface area contributed by atoms with Crippen LogP contribution in [0.5, 0.6) is 5.75 Å². The van der Waals surface area contributed by atoms with Crippen molar-refractivity contribution in [3.05, 3.63) is 130 Å². The van der Waals surface area contributed by atoms with Crippen molar-refractivity contribution in [3.8, 4) is 28.3 Å². The molecule has 0 aliphatic heterocycles. The number of benzene rings is 4. The highest BCUT2D eigenvalue weighted by atomic mass is 32.2. The van der Waals surface area contributed by atoms with E-state index in [0.29, 0.717) is 27.0 Å². The predicted octanol–water partition coefficient (Wildman–Crippen LogP) is 6.34. The number of nitrogens with zero attached hydrogens (tertiary/aromatic N) is 4. The molecule has 0 unspecified atom stereocenters. The molecule has 0 radical (unpaired) electrons. The number of hydrazone groups is 1. The van der Waals surface area contributed by atoms with E-state index in [9.17, 15) is 20.0 Å². The molecule has 1 aromatic heterocycles. The Morgan fingerprint density at radius 2 is 1.45 bits per heavy atom. The van der Waals surface area contributed by atoms with Crippen molar-refractivity contribution in [1.29, 1.82) is 0 Å². The zero-order valence-corrected chi connectivity index (χ0v) is 21.7. The van der Waals surface area contributed by atoms with Crippen molar-refractivity contribution in [2.75, 3.05) is 0 Å². The lowest BCUT2D eigenvalue weighted by molar-refractivity contribution is -0.387. The lowest BCUT2D eigenvalue weighted by Gasteiger charge is -2.09. The number of carbonyl (C=O) groups excluding carboxylic acids is 1. The number of nitro benzene ring substituents is 1. The van der Waals surface area contributed by atoms with Crippen molar-refractivity contribution in [1.82, 2.24) is 15.4 Å². The normalized spacial score (nSPS) is 10.9. The Hall–Kier alpha value is -5.35. The van der Waals surface area contributed by atoms with Gasteiger partial charge in [0.25, 0.3) is 11.6 Å². The Labute approximate surface area is 233 Å². The maximum absolute atomic E-state index is 12.2. The molecule has 10 heteroatoms. The minimum absolute atomic E-state index is 0.0602. The number of nitrogens with one attached hydrogen (secondary N) is 1. The molecule has 0 fully saturated rings. The largest absolute Gasteiger partial charge is 0.507 e. The van der Waals surface area contributed by atoms with Crippen molar-refractivity contribution in [3.63, 3.8) is 0 Å². The fraction of sp³-hybridized carbons (Fsp3) is 0. The zero-order chi connectivity index (χ0) is 27.9. The summed E-state index contributed by atoms with van der Waals surface area (Å²) in [7, 11) is 0. The molecule has 40 heavy (non-hydrogen) atoms. The molecule has 0 bridgehead atoms. The molecule has 1 amide bonds. The first-order valence-electron chi connectivity index (χ1n) is 12.1. The Morgan fingerprint density at radius 3 is 2.05 bits per heavy atom. The Bertz CT molecular complexity index is 1650. The van der Waals surface area contributed by atoms with Crippen LogP contribution in [0.3, 0.4) is 0 Å². The number of rotatable bonds is 8. The summed E-state index contributed by atoms with van der Waals surface area (Å²) in [6, 6.07) is 31.8. The van der Waals surface area contributed by atoms with Gasteiger partial charge < -0.3 is 5.11 Å². The van der Waals surface area contributed by atoms with Gasteiger partial charge in [-0.2, -0.15) is 5.10 Å². The van der Waals surface area contributed by atoms with Crippen LogP contribution in [-0.4, -0.2) is 32.1 Å². The maximum Gasteiger partial charge on any atom is 0.283 e. The number of aromatic hydroxyl groups is 1. The van der Waals surface area contributed by atoms with E-state index in [1.54, 1.807) is 24.3 Å². The number of carbonyl (C=O) groups is 1. The number of para-hydroxylation sites is 1. The molecule has 5 rings (SSSR count). The predicted molar refractivity (Wildman–Crippen MR) is 153 cm³/mol. The molecule has 5 aromatic rings. The Balaban J connectivity index is 1.43. The van der Waals surface area contributed by atoms with Gasteiger partial charge in [0.1, 0.15) is 5.75 Å². The summed E-state index contributed by atoms with van der Waals surface area (Å²) in [6.07, 6.45) is 1.29. The van der Waals surface area contributed by atoms with E-state index in [0.717, 1.165) is 22.9 Å². The molecule has 0 atom stereocenters. The molecule has 1 heterocycles. The lowest BCUT2D eigenvalue weighted by atomic mass is 10.1. The number of amides is 1. The van der Waals surface area contributed by atoms with E-state index < -0.39 is 10.8 Å². The van der Waals surface area contributed by atoms with Crippen molar-refractivity contribution < 1.29 is 14.8 Å². The fourth-order valence-corrected chi connectivity index (χ4v) is 4.68. The third kappa shape index (κ3) is 6.20. The van der Waals surface area contributed by atoms with Crippen molar-refractivity contribution in [2.24, 2.45) is 5.10 Å². The van der Waals surface area contributed by atoms with Crippen molar-refractivity contribution >= 4 is 29.6 Å². The maximum atomic E-state index is 12.2. The zero-order valence-electron chi connectivity index (χ0n) is 20.8. The highest BCUT2D eigenvalue weighted by Crippen LogP contribution is 2.35. The number of nitro groups is 1. The second kappa shape index (κ2) is 12.0. The molecule has 196 valence electrons. The van der Waals surface area contributed by atoms with E-state index >= 15 is 0 Å².